The van der Waals surface area contributed by atoms with Gasteiger partial charge in [0.05, 0.1) is 17.7 Å². The van der Waals surface area contributed by atoms with Crippen molar-refractivity contribution in [3.8, 4) is 16.3 Å². The van der Waals surface area contributed by atoms with Gasteiger partial charge in [0, 0.05) is 19.0 Å². The van der Waals surface area contributed by atoms with Crippen molar-refractivity contribution in [3.05, 3.63) is 64.3 Å². The molecule has 2 aromatic heterocycles. The van der Waals surface area contributed by atoms with Crippen molar-refractivity contribution in [2.75, 3.05) is 12.4 Å². The fourth-order valence-electron chi connectivity index (χ4n) is 2.51. The Kier molecular flexibility index (Phi) is 5.80. The average molecular weight is 369 g/mol. The number of carbonyl (C=O) groups excluding carboxylic acids is 1. The fourth-order valence-corrected chi connectivity index (χ4v) is 3.21. The Bertz CT molecular complexity index is 935. The Morgan fingerprint density at radius 3 is 2.81 bits per heavy atom. The molecule has 6 nitrogen and oxygen atoms in total. The number of amides is 1. The summed E-state index contributed by atoms with van der Waals surface area (Å²) in [6, 6.07) is 14.4. The number of thiophene rings is 1. The van der Waals surface area contributed by atoms with E-state index in [0.29, 0.717) is 24.4 Å². The minimum Gasteiger partial charge on any atom is -0.495 e. The second kappa shape index (κ2) is 8.44. The molecular formula is C19H19N3O3S. The molecule has 0 saturated carbocycles. The van der Waals surface area contributed by atoms with E-state index in [1.54, 1.807) is 36.6 Å². The summed E-state index contributed by atoms with van der Waals surface area (Å²) >= 11 is 1.57. The summed E-state index contributed by atoms with van der Waals surface area (Å²) in [4.78, 5) is 25.1. The maximum absolute atomic E-state index is 12.1. The maximum atomic E-state index is 12.1. The molecule has 0 aliphatic heterocycles. The van der Waals surface area contributed by atoms with Crippen LogP contribution in [0.25, 0.3) is 10.6 Å². The molecule has 134 valence electrons. The number of anilines is 1. The maximum Gasteiger partial charge on any atom is 0.266 e. The van der Waals surface area contributed by atoms with Gasteiger partial charge in [0.2, 0.25) is 5.91 Å². The van der Waals surface area contributed by atoms with Gasteiger partial charge in [-0.15, -0.1) is 11.3 Å². The monoisotopic (exact) mass is 369 g/mol. The molecule has 2 heterocycles. The van der Waals surface area contributed by atoms with Gasteiger partial charge in [-0.1, -0.05) is 18.2 Å². The highest BCUT2D eigenvalue weighted by atomic mass is 32.1. The van der Waals surface area contributed by atoms with Crippen LogP contribution >= 0.6 is 11.3 Å². The van der Waals surface area contributed by atoms with Crippen molar-refractivity contribution in [3.63, 3.8) is 0 Å². The van der Waals surface area contributed by atoms with Crippen molar-refractivity contribution < 1.29 is 9.53 Å². The van der Waals surface area contributed by atoms with E-state index >= 15 is 0 Å². The number of methoxy groups -OCH3 is 1. The van der Waals surface area contributed by atoms with Gasteiger partial charge < -0.3 is 10.1 Å². The summed E-state index contributed by atoms with van der Waals surface area (Å²) < 4.78 is 6.62. The number of rotatable bonds is 7. The number of para-hydroxylation sites is 2. The molecule has 26 heavy (non-hydrogen) atoms. The van der Waals surface area contributed by atoms with Gasteiger partial charge in [0.1, 0.15) is 11.4 Å². The van der Waals surface area contributed by atoms with Gasteiger partial charge in [-0.2, -0.15) is 5.10 Å². The first kappa shape index (κ1) is 17.9. The molecule has 0 saturated heterocycles. The quantitative estimate of drug-likeness (QED) is 0.693. The molecule has 1 aromatic carbocycles. The van der Waals surface area contributed by atoms with Crippen molar-refractivity contribution in [2.24, 2.45) is 0 Å². The summed E-state index contributed by atoms with van der Waals surface area (Å²) in [6.07, 6.45) is 0.803. The van der Waals surface area contributed by atoms with Gasteiger partial charge in [0.25, 0.3) is 5.56 Å². The fraction of sp³-hybridized carbons (Fsp3) is 0.211. The van der Waals surface area contributed by atoms with Gasteiger partial charge in [0.15, 0.2) is 0 Å². The first-order valence-corrected chi connectivity index (χ1v) is 9.10. The molecule has 0 unspecified atom stereocenters. The van der Waals surface area contributed by atoms with Crippen molar-refractivity contribution in [1.29, 1.82) is 0 Å². The number of benzene rings is 1. The molecule has 7 heteroatoms. The molecule has 0 radical (unpaired) electrons. The van der Waals surface area contributed by atoms with E-state index in [0.717, 1.165) is 10.6 Å². The lowest BCUT2D eigenvalue weighted by molar-refractivity contribution is -0.116. The van der Waals surface area contributed by atoms with Crippen LogP contribution < -0.4 is 15.6 Å². The molecule has 1 N–H and O–H groups in total. The summed E-state index contributed by atoms with van der Waals surface area (Å²) in [5, 5.41) is 9.18. The summed E-state index contributed by atoms with van der Waals surface area (Å²) in [7, 11) is 1.56. The van der Waals surface area contributed by atoms with Gasteiger partial charge in [-0.3, -0.25) is 9.59 Å². The number of aryl methyl sites for hydroxylation is 1. The predicted molar refractivity (Wildman–Crippen MR) is 103 cm³/mol. The lowest BCUT2D eigenvalue weighted by atomic mass is 10.2. The van der Waals surface area contributed by atoms with E-state index in [-0.39, 0.29) is 17.9 Å². The van der Waals surface area contributed by atoms with Gasteiger partial charge in [-0.25, -0.2) is 4.68 Å². The highest BCUT2D eigenvalue weighted by Crippen LogP contribution is 2.23. The predicted octanol–water partition coefficient (Wildman–Crippen LogP) is 3.40. The van der Waals surface area contributed by atoms with Crippen LogP contribution in [-0.2, 0) is 11.3 Å². The van der Waals surface area contributed by atoms with E-state index in [1.165, 1.54) is 10.7 Å². The lowest BCUT2D eigenvalue weighted by Crippen LogP contribution is -2.23. The number of nitrogens with one attached hydrogen (secondary N) is 1. The zero-order valence-corrected chi connectivity index (χ0v) is 15.2. The Morgan fingerprint density at radius 1 is 1.19 bits per heavy atom. The number of ether oxygens (including phenoxy) is 1. The zero-order valence-electron chi connectivity index (χ0n) is 14.3. The molecular weight excluding hydrogens is 350 g/mol. The van der Waals surface area contributed by atoms with Crippen molar-refractivity contribution in [2.45, 2.75) is 19.4 Å². The third-order valence-electron chi connectivity index (χ3n) is 3.80. The Balaban J connectivity index is 1.58. The smallest absolute Gasteiger partial charge is 0.266 e. The summed E-state index contributed by atoms with van der Waals surface area (Å²) in [5.41, 5.74) is 1.23. The van der Waals surface area contributed by atoms with E-state index in [1.807, 2.05) is 29.6 Å². The average Bonchev–Trinajstić information content (AvgIpc) is 3.18. The lowest BCUT2D eigenvalue weighted by Gasteiger charge is -2.10. The minimum atomic E-state index is -0.171. The summed E-state index contributed by atoms with van der Waals surface area (Å²) in [6.45, 7) is 0.386. The van der Waals surface area contributed by atoms with Crippen LogP contribution in [0.5, 0.6) is 5.75 Å². The number of aromatic nitrogens is 2. The van der Waals surface area contributed by atoms with Crippen LogP contribution in [0.15, 0.2) is 58.7 Å². The standard InChI is InChI=1S/C19H19N3O3S/c1-25-16-7-3-2-6-14(16)20-18(23)9-4-12-22-19(24)11-10-15(21-22)17-8-5-13-26-17/h2-3,5-8,10-11,13H,4,9,12H2,1H3,(H,20,23). The van der Waals surface area contributed by atoms with E-state index in [4.69, 9.17) is 4.74 Å². The summed E-state index contributed by atoms with van der Waals surface area (Å²) in [5.74, 6) is 0.486. The number of nitrogens with zero attached hydrogens (tertiary/aromatic N) is 2. The number of hydrogen-bond acceptors (Lipinski definition) is 5. The third-order valence-corrected chi connectivity index (χ3v) is 4.69. The van der Waals surface area contributed by atoms with E-state index in [2.05, 4.69) is 10.4 Å². The van der Waals surface area contributed by atoms with Crippen LogP contribution in [0.3, 0.4) is 0 Å². The first-order valence-electron chi connectivity index (χ1n) is 8.22. The molecule has 0 aliphatic carbocycles. The normalized spacial score (nSPS) is 10.5. The van der Waals surface area contributed by atoms with Crippen molar-refractivity contribution >= 4 is 22.9 Å². The van der Waals surface area contributed by atoms with Crippen molar-refractivity contribution in [1.82, 2.24) is 9.78 Å². The molecule has 0 spiro atoms. The SMILES string of the molecule is COc1ccccc1NC(=O)CCCn1nc(-c2cccs2)ccc1=O. The molecule has 3 rings (SSSR count). The molecule has 0 aliphatic rings. The third kappa shape index (κ3) is 4.37. The van der Waals surface area contributed by atoms with Crippen LogP contribution in [0.4, 0.5) is 5.69 Å². The molecule has 1 amide bonds. The minimum absolute atomic E-state index is 0.128. The van der Waals surface area contributed by atoms with Crippen LogP contribution in [0.1, 0.15) is 12.8 Å². The number of carbonyl (C=O) groups is 1. The second-order valence-electron chi connectivity index (χ2n) is 5.61. The van der Waals surface area contributed by atoms with E-state index in [9.17, 15) is 9.59 Å². The topological polar surface area (TPSA) is 73.2 Å². The van der Waals surface area contributed by atoms with Crippen LogP contribution in [-0.4, -0.2) is 22.8 Å². The molecule has 3 aromatic rings. The zero-order chi connectivity index (χ0) is 18.4. The highest BCUT2D eigenvalue weighted by Gasteiger charge is 2.08. The van der Waals surface area contributed by atoms with Crippen LogP contribution in [0.2, 0.25) is 0 Å². The van der Waals surface area contributed by atoms with Crippen LogP contribution in [0, 0.1) is 0 Å². The second-order valence-corrected chi connectivity index (χ2v) is 6.56. The Morgan fingerprint density at radius 2 is 2.04 bits per heavy atom. The molecule has 0 atom stereocenters. The van der Waals surface area contributed by atoms with Gasteiger partial charge in [-0.05, 0) is 36.1 Å². The number of hydrogen-bond donors (Lipinski definition) is 1. The Labute approximate surface area is 155 Å². The Hall–Kier alpha value is -2.93. The largest absolute Gasteiger partial charge is 0.495 e. The highest BCUT2D eigenvalue weighted by molar-refractivity contribution is 7.13. The molecule has 0 bridgehead atoms. The van der Waals surface area contributed by atoms with E-state index < -0.39 is 0 Å². The van der Waals surface area contributed by atoms with Gasteiger partial charge >= 0.3 is 0 Å². The molecule has 0 fully saturated rings. The first-order chi connectivity index (χ1) is 12.7.